The number of aliphatic hydroxyl groups excluding tert-OH is 1. The lowest BCUT2D eigenvalue weighted by atomic mass is 9.89. The van der Waals surface area contributed by atoms with Crippen molar-refractivity contribution in [2.45, 2.75) is 256 Å². The Morgan fingerprint density at radius 1 is 0.706 bits per heavy atom. The highest BCUT2D eigenvalue weighted by Crippen LogP contribution is 2.36. The Morgan fingerprint density at radius 3 is 1.96 bits per heavy atom. The number of nitrogens with zero attached hydrogens (tertiary/aromatic N) is 4. The van der Waals surface area contributed by atoms with E-state index < -0.39 is 114 Å². The van der Waals surface area contributed by atoms with Gasteiger partial charge in [-0.3, -0.25) is 53.0 Å². The number of benzene rings is 2. The van der Waals surface area contributed by atoms with Gasteiger partial charge in [0.05, 0.1) is 54.0 Å². The van der Waals surface area contributed by atoms with E-state index in [2.05, 4.69) is 31.9 Å². The van der Waals surface area contributed by atoms with Crippen molar-refractivity contribution in [1.82, 2.24) is 46.2 Å². The van der Waals surface area contributed by atoms with Crippen LogP contribution in [-0.4, -0.2) is 203 Å². The third-order valence-electron chi connectivity index (χ3n) is 20.2. The third-order valence-corrected chi connectivity index (χ3v) is 21.7. The second-order valence-electron chi connectivity index (χ2n) is 28.9. The summed E-state index contributed by atoms with van der Waals surface area (Å²) in [6.45, 7) is 18.7. The fourth-order valence-electron chi connectivity index (χ4n) is 14.0. The zero-order valence-corrected chi connectivity index (χ0v) is 63.6. The summed E-state index contributed by atoms with van der Waals surface area (Å²) in [7, 11) is 6.10. The maximum absolute atomic E-state index is 14.9. The Hall–Kier alpha value is -7.36. The number of urea groups is 1. The van der Waals surface area contributed by atoms with Crippen LogP contribution in [0.15, 0.2) is 54.6 Å². The number of methoxy groups -OCH3 is 2. The van der Waals surface area contributed by atoms with E-state index in [0.717, 1.165) is 25.7 Å². The number of thioether (sulfide) groups is 1. The second kappa shape index (κ2) is 42.4. The first-order valence-corrected chi connectivity index (χ1v) is 37.8. The summed E-state index contributed by atoms with van der Waals surface area (Å²) in [4.78, 5) is 156. The molecule has 570 valence electrons. The van der Waals surface area contributed by atoms with Gasteiger partial charge in [-0.25, -0.2) is 9.59 Å². The van der Waals surface area contributed by atoms with E-state index in [4.69, 9.17) is 19.9 Å². The molecule has 0 aromatic heterocycles. The van der Waals surface area contributed by atoms with Crippen molar-refractivity contribution in [3.8, 4) is 0 Å². The second-order valence-corrected chi connectivity index (χ2v) is 30.4. The number of unbranched alkanes of at least 4 members (excludes halogenated alkanes) is 2. The molecule has 1 unspecified atom stereocenters. The minimum atomic E-state index is -1.11. The molecule has 0 spiro atoms. The molecular formula is C75H119N11O15S. The lowest BCUT2D eigenvalue weighted by Gasteiger charge is -2.41. The highest BCUT2D eigenvalue weighted by molar-refractivity contribution is 8.01. The van der Waals surface area contributed by atoms with E-state index in [9.17, 15) is 57.8 Å². The summed E-state index contributed by atoms with van der Waals surface area (Å²) in [5.41, 5.74) is 6.82. The van der Waals surface area contributed by atoms with Gasteiger partial charge in [-0.15, -0.1) is 11.8 Å². The number of likely N-dealkylation sites (tertiary alicyclic amines) is 2. The van der Waals surface area contributed by atoms with Crippen molar-refractivity contribution >= 4 is 82.7 Å². The van der Waals surface area contributed by atoms with Crippen LogP contribution in [0.2, 0.25) is 0 Å². The monoisotopic (exact) mass is 1450 g/mol. The van der Waals surface area contributed by atoms with E-state index in [1.807, 2.05) is 32.0 Å². The third kappa shape index (κ3) is 25.2. The van der Waals surface area contributed by atoms with E-state index in [0.29, 0.717) is 73.7 Å². The largest absolute Gasteiger partial charge is 0.445 e. The molecule has 2 saturated heterocycles. The van der Waals surface area contributed by atoms with Crippen LogP contribution in [0.3, 0.4) is 0 Å². The molecule has 27 heteroatoms. The van der Waals surface area contributed by atoms with Crippen molar-refractivity contribution in [3.05, 3.63) is 65.7 Å². The van der Waals surface area contributed by atoms with Crippen LogP contribution in [0.5, 0.6) is 0 Å². The van der Waals surface area contributed by atoms with E-state index in [-0.39, 0.29) is 91.9 Å². The average Bonchev–Trinajstić information content (AvgIpc) is 1.24. The number of likely N-dealkylation sites (N-methyl/N-ethyl adjacent to an activating group) is 2. The number of carbonyl (C=O) groups is 11. The molecule has 2 aromatic rings. The molecule has 2 aliphatic heterocycles. The summed E-state index contributed by atoms with van der Waals surface area (Å²) < 4.78 is 17.8. The average molecular weight is 1450 g/mol. The van der Waals surface area contributed by atoms with Gasteiger partial charge in [0.15, 0.2) is 0 Å². The molecule has 26 nitrogen and oxygen atoms in total. The lowest BCUT2D eigenvalue weighted by molar-refractivity contribution is -0.148. The number of hydrogen-bond acceptors (Lipinski definition) is 16. The first kappa shape index (κ1) is 85.3. The molecule has 5 rings (SSSR count). The van der Waals surface area contributed by atoms with Crippen LogP contribution >= 0.6 is 11.8 Å². The minimum Gasteiger partial charge on any atom is -0.445 e. The molecule has 12 amide bonds. The Labute approximate surface area is 608 Å². The highest BCUT2D eigenvalue weighted by atomic mass is 32.2. The molecule has 2 heterocycles. The van der Waals surface area contributed by atoms with Crippen molar-refractivity contribution in [2.75, 3.05) is 53.3 Å². The number of hydrogen-bond donors (Lipinski definition) is 8. The number of nitrogens with one attached hydrogen (secondary N) is 6. The topological polar surface area (TPSA) is 347 Å². The summed E-state index contributed by atoms with van der Waals surface area (Å²) in [6.07, 6.45) is 7.73. The van der Waals surface area contributed by atoms with Crippen LogP contribution in [0, 0.1) is 29.6 Å². The van der Waals surface area contributed by atoms with E-state index >= 15 is 0 Å². The molecular weight excluding hydrogens is 1330 g/mol. The van der Waals surface area contributed by atoms with Gasteiger partial charge in [0.25, 0.3) is 0 Å². The molecule has 3 aliphatic rings. The van der Waals surface area contributed by atoms with E-state index in [1.54, 1.807) is 120 Å². The number of imide groups is 1. The standard InChI is InChI=1S/C75H119N11O15S/c1-15-48(8)65(57(99-13)42-60(88)85-41-27-33-56(85)67(100-14)49(9)68(91)78-50(10)66(90)52-28-20-18-21-29-52)83(11)73(96)63(46(4)5)82-71(94)64(47(6)7)84(12)75(98)101-44-51-35-37-53(38-36-51)79-69(92)55(32-26-39-77-74(76)97)80-70(93)62(45(2)3)81-59(87)34-24-19-25-40-86-61(89)43-58(72(86)95)102-54-30-22-16-17-23-31-54/h18,20-21,28-29,35-38,45-50,54-58,62-67,90H,15-17,19,22-27,30-34,39-44H2,1-14H3,(H,78,91)(H,79,92)(H,80,93)(H,81,87)(H,82,94)(H3,76,77,97)/t48-,49+,50+,55-,56-,57+,58?,62-,63-,64-,65-,66+,67+/m0/s1. The Balaban J connectivity index is 1.15. The van der Waals surface area contributed by atoms with Crippen LogP contribution in [0.4, 0.5) is 15.3 Å². The smallest absolute Gasteiger partial charge is 0.410 e. The normalized spacial score (nSPS) is 19.1. The molecule has 1 aliphatic carbocycles. The minimum absolute atomic E-state index is 0.0885. The zero-order chi connectivity index (χ0) is 75.5. The van der Waals surface area contributed by atoms with Gasteiger partial charge in [0.2, 0.25) is 53.2 Å². The maximum Gasteiger partial charge on any atom is 0.410 e. The van der Waals surface area contributed by atoms with Crippen LogP contribution in [-0.2, 0) is 64.0 Å². The zero-order valence-electron chi connectivity index (χ0n) is 62.8. The number of nitrogens with two attached hydrogens (primary N) is 1. The predicted molar refractivity (Wildman–Crippen MR) is 392 cm³/mol. The summed E-state index contributed by atoms with van der Waals surface area (Å²) in [5.74, 6) is -5.49. The Bertz CT molecular complexity index is 3060. The van der Waals surface area contributed by atoms with Crippen molar-refractivity contribution in [3.63, 3.8) is 0 Å². The quantitative estimate of drug-likeness (QED) is 0.0180. The number of aliphatic hydroxyl groups is 1. The number of anilines is 1. The molecule has 2 aromatic carbocycles. The molecule has 3 fully saturated rings. The summed E-state index contributed by atoms with van der Waals surface area (Å²) in [5, 5.41) is 27.9. The molecule has 0 radical (unpaired) electrons. The van der Waals surface area contributed by atoms with Gasteiger partial charge < -0.3 is 66.8 Å². The van der Waals surface area contributed by atoms with Gasteiger partial charge in [-0.1, -0.05) is 143 Å². The number of carbonyl (C=O) groups excluding carboxylic acids is 11. The molecule has 9 N–H and O–H groups in total. The van der Waals surface area contributed by atoms with Gasteiger partial charge >= 0.3 is 12.1 Å². The number of amides is 12. The van der Waals surface area contributed by atoms with Gasteiger partial charge in [-0.2, -0.15) is 0 Å². The van der Waals surface area contributed by atoms with Crippen molar-refractivity contribution in [2.24, 2.45) is 35.3 Å². The number of primary amides is 1. The van der Waals surface area contributed by atoms with Crippen molar-refractivity contribution < 1.29 is 72.1 Å². The molecule has 0 bridgehead atoms. The summed E-state index contributed by atoms with van der Waals surface area (Å²) in [6, 6.07) is 8.80. The predicted octanol–water partition coefficient (Wildman–Crippen LogP) is 7.74. The maximum atomic E-state index is 14.9. The Morgan fingerprint density at radius 2 is 1.36 bits per heavy atom. The van der Waals surface area contributed by atoms with Gasteiger partial charge in [-0.05, 0) is 105 Å². The van der Waals surface area contributed by atoms with E-state index in [1.165, 1.54) is 43.9 Å². The fraction of sp³-hybridized carbons (Fsp3) is 0.693. The summed E-state index contributed by atoms with van der Waals surface area (Å²) >= 11 is 1.66. The first-order chi connectivity index (χ1) is 48.4. The fourth-order valence-corrected chi connectivity index (χ4v) is 15.6. The number of ether oxygens (including phenoxy) is 3. The van der Waals surface area contributed by atoms with Crippen LogP contribution in [0.25, 0.3) is 0 Å². The van der Waals surface area contributed by atoms with Crippen molar-refractivity contribution in [1.29, 1.82) is 0 Å². The van der Waals surface area contributed by atoms with Gasteiger partial charge in [0.1, 0.15) is 30.8 Å². The van der Waals surface area contributed by atoms with Gasteiger partial charge in [0, 0.05) is 71.7 Å². The molecule has 13 atom stereocenters. The SMILES string of the molecule is CC[C@H](C)[C@@H]([C@@H](CC(=O)N1CCC[C@H]1[C@H](OC)[C@@H](C)C(=O)N[C@H](C)[C@@H](O)c1ccccc1)OC)N(C)C(=O)[C@@H](NC(=O)[C@H](C(C)C)N(C)C(=O)OCc1ccc(NC(=O)[C@H](CCCNC(N)=O)NC(=O)[C@@H](NC(=O)CCCCCN2C(=O)CC(SC3CCCCCC3)C2=O)C(C)C)cc1)C(C)C. The highest BCUT2D eigenvalue weighted by Gasteiger charge is 2.45. The molecule has 1 saturated carbocycles. The Kier molecular flexibility index (Phi) is 35.5. The lowest BCUT2D eigenvalue weighted by Crippen LogP contribution is -2.60. The number of rotatable bonds is 40. The first-order valence-electron chi connectivity index (χ1n) is 36.8. The molecule has 102 heavy (non-hydrogen) atoms. The van der Waals surface area contributed by atoms with Crippen LogP contribution in [0.1, 0.15) is 196 Å². The van der Waals surface area contributed by atoms with Crippen LogP contribution < -0.4 is 37.6 Å².